The summed E-state index contributed by atoms with van der Waals surface area (Å²) in [5, 5.41) is 10.5. The van der Waals surface area contributed by atoms with Crippen molar-refractivity contribution in [3.63, 3.8) is 0 Å². The van der Waals surface area contributed by atoms with Crippen molar-refractivity contribution in [3.05, 3.63) is 71.8 Å². The first-order valence-corrected chi connectivity index (χ1v) is 8.78. The fourth-order valence-electron chi connectivity index (χ4n) is 3.19. The van der Waals surface area contributed by atoms with Gasteiger partial charge in [-0.1, -0.05) is 48.5 Å². The molecule has 0 bridgehead atoms. The van der Waals surface area contributed by atoms with Crippen LogP contribution in [0.3, 0.4) is 0 Å². The Morgan fingerprint density at radius 3 is 2.12 bits per heavy atom. The maximum absolute atomic E-state index is 12.2. The van der Waals surface area contributed by atoms with Crippen LogP contribution in [0.15, 0.2) is 60.7 Å². The number of carbonyl (C=O) groups excluding carboxylic acids is 2. The fourth-order valence-corrected chi connectivity index (χ4v) is 3.19. The Kier molecular flexibility index (Phi) is 5.86. The van der Waals surface area contributed by atoms with Gasteiger partial charge in [0, 0.05) is 18.7 Å². The van der Waals surface area contributed by atoms with E-state index < -0.39 is 6.10 Å². The summed E-state index contributed by atoms with van der Waals surface area (Å²) in [7, 11) is 0. The van der Waals surface area contributed by atoms with E-state index in [0.717, 1.165) is 18.4 Å². The largest absolute Gasteiger partial charge is 0.388 e. The lowest BCUT2D eigenvalue weighted by Crippen LogP contribution is -2.51. The summed E-state index contributed by atoms with van der Waals surface area (Å²) in [6.45, 7) is 1.09. The zero-order chi connectivity index (χ0) is 18.4. The number of likely N-dealkylation sites (tertiary alicyclic amines) is 1. The quantitative estimate of drug-likeness (QED) is 0.742. The van der Waals surface area contributed by atoms with Gasteiger partial charge in [0.05, 0.1) is 6.10 Å². The van der Waals surface area contributed by atoms with Crippen LogP contribution in [0.2, 0.25) is 0 Å². The number of piperidine rings is 1. The predicted molar refractivity (Wildman–Crippen MR) is 98.1 cm³/mol. The van der Waals surface area contributed by atoms with E-state index in [1.54, 1.807) is 29.2 Å². The molecular formula is C20H23N3O3. The van der Waals surface area contributed by atoms with Crippen LogP contribution in [0.25, 0.3) is 0 Å². The molecule has 1 heterocycles. The maximum atomic E-state index is 12.2. The number of nitrogens with one attached hydrogen (secondary N) is 2. The second-order valence-electron chi connectivity index (χ2n) is 6.43. The number of amides is 3. The van der Waals surface area contributed by atoms with Crippen LogP contribution in [-0.4, -0.2) is 35.0 Å². The van der Waals surface area contributed by atoms with Crippen LogP contribution in [0.5, 0.6) is 0 Å². The maximum Gasteiger partial charge on any atom is 0.336 e. The third-order valence-electron chi connectivity index (χ3n) is 4.73. The van der Waals surface area contributed by atoms with Gasteiger partial charge in [0.1, 0.15) is 0 Å². The zero-order valence-electron chi connectivity index (χ0n) is 14.5. The summed E-state index contributed by atoms with van der Waals surface area (Å²) >= 11 is 0. The summed E-state index contributed by atoms with van der Waals surface area (Å²) in [6, 6.07) is 18.0. The molecule has 3 N–H and O–H groups in total. The average molecular weight is 353 g/mol. The summed E-state index contributed by atoms with van der Waals surface area (Å²) in [6.07, 6.45) is 0.922. The second-order valence-corrected chi connectivity index (χ2v) is 6.43. The third kappa shape index (κ3) is 4.40. The Morgan fingerprint density at radius 2 is 1.50 bits per heavy atom. The minimum absolute atomic E-state index is 0.125. The van der Waals surface area contributed by atoms with E-state index in [2.05, 4.69) is 10.9 Å². The van der Waals surface area contributed by atoms with Gasteiger partial charge in [-0.2, -0.15) is 0 Å². The molecule has 6 heteroatoms. The van der Waals surface area contributed by atoms with E-state index in [1.165, 1.54) is 0 Å². The van der Waals surface area contributed by atoms with Crippen molar-refractivity contribution >= 4 is 11.9 Å². The average Bonchev–Trinajstić information content (AvgIpc) is 2.72. The van der Waals surface area contributed by atoms with Gasteiger partial charge in [-0.25, -0.2) is 10.2 Å². The molecule has 1 aliphatic rings. The second kappa shape index (κ2) is 8.49. The van der Waals surface area contributed by atoms with Gasteiger partial charge >= 0.3 is 6.03 Å². The lowest BCUT2D eigenvalue weighted by Gasteiger charge is -2.34. The fraction of sp³-hybridized carbons (Fsp3) is 0.300. The van der Waals surface area contributed by atoms with Gasteiger partial charge in [-0.05, 0) is 36.5 Å². The highest BCUT2D eigenvalue weighted by atomic mass is 16.3. The van der Waals surface area contributed by atoms with Gasteiger partial charge in [-0.15, -0.1) is 0 Å². The Bertz CT molecular complexity index is 728. The molecule has 26 heavy (non-hydrogen) atoms. The van der Waals surface area contributed by atoms with Gasteiger partial charge in [0.2, 0.25) is 0 Å². The first-order chi connectivity index (χ1) is 12.6. The zero-order valence-corrected chi connectivity index (χ0v) is 14.5. The predicted octanol–water partition coefficient (Wildman–Crippen LogP) is 2.49. The topological polar surface area (TPSA) is 81.7 Å². The van der Waals surface area contributed by atoms with Crippen LogP contribution in [0.4, 0.5) is 4.79 Å². The molecule has 6 nitrogen and oxygen atoms in total. The van der Waals surface area contributed by atoms with Crippen molar-refractivity contribution in [2.45, 2.75) is 18.9 Å². The Morgan fingerprint density at radius 1 is 0.923 bits per heavy atom. The molecule has 1 unspecified atom stereocenters. The summed E-state index contributed by atoms with van der Waals surface area (Å²) < 4.78 is 0. The number of urea groups is 1. The molecule has 2 aromatic carbocycles. The number of hydrazine groups is 1. The molecule has 0 aliphatic carbocycles. The number of rotatable bonds is 3. The first kappa shape index (κ1) is 17.9. The van der Waals surface area contributed by atoms with Crippen molar-refractivity contribution in [3.8, 4) is 0 Å². The molecule has 1 fully saturated rings. The molecule has 1 aliphatic heterocycles. The smallest absolute Gasteiger partial charge is 0.336 e. The van der Waals surface area contributed by atoms with E-state index >= 15 is 0 Å². The first-order valence-electron chi connectivity index (χ1n) is 8.78. The highest BCUT2D eigenvalue weighted by Crippen LogP contribution is 2.30. The summed E-state index contributed by atoms with van der Waals surface area (Å²) in [4.78, 5) is 25.8. The standard InChI is InChI=1S/C20H23N3O3/c24-18(15-7-3-1-4-8-15)16-11-13-23(14-12-16)20(26)22-21-19(25)17-9-5-2-6-10-17/h1-10,16,18,24H,11-14H2,(H,21,25)(H,22,26). The summed E-state index contributed by atoms with van der Waals surface area (Å²) in [5.74, 6) is -0.228. The van der Waals surface area contributed by atoms with Crippen molar-refractivity contribution < 1.29 is 14.7 Å². The third-order valence-corrected chi connectivity index (χ3v) is 4.73. The number of benzene rings is 2. The van der Waals surface area contributed by atoms with Gasteiger partial charge < -0.3 is 10.0 Å². The van der Waals surface area contributed by atoms with E-state index in [1.807, 2.05) is 36.4 Å². The lowest BCUT2D eigenvalue weighted by molar-refractivity contribution is 0.0656. The number of aliphatic hydroxyl groups excluding tert-OH is 1. The number of nitrogens with zero attached hydrogens (tertiary/aromatic N) is 1. The molecule has 3 amide bonds. The number of carbonyl (C=O) groups is 2. The molecule has 3 rings (SSSR count). The van der Waals surface area contributed by atoms with E-state index in [4.69, 9.17) is 0 Å². The van der Waals surface area contributed by atoms with E-state index in [9.17, 15) is 14.7 Å². The highest BCUT2D eigenvalue weighted by Gasteiger charge is 2.28. The van der Waals surface area contributed by atoms with E-state index in [0.29, 0.717) is 18.7 Å². The van der Waals surface area contributed by atoms with Crippen molar-refractivity contribution in [2.75, 3.05) is 13.1 Å². The molecule has 0 saturated carbocycles. The van der Waals surface area contributed by atoms with Gasteiger partial charge in [0.25, 0.3) is 5.91 Å². The molecular weight excluding hydrogens is 330 g/mol. The van der Waals surface area contributed by atoms with Crippen molar-refractivity contribution in [2.24, 2.45) is 5.92 Å². The van der Waals surface area contributed by atoms with Crippen molar-refractivity contribution in [1.82, 2.24) is 15.8 Å². The molecule has 0 aromatic heterocycles. The highest BCUT2D eigenvalue weighted by molar-refractivity contribution is 5.95. The number of hydrogen-bond donors (Lipinski definition) is 3. The molecule has 1 atom stereocenters. The van der Waals surface area contributed by atoms with E-state index in [-0.39, 0.29) is 17.9 Å². The molecule has 136 valence electrons. The molecule has 1 saturated heterocycles. The molecule has 2 aromatic rings. The van der Waals surface area contributed by atoms with Crippen LogP contribution in [0.1, 0.15) is 34.9 Å². The van der Waals surface area contributed by atoms with Crippen LogP contribution < -0.4 is 10.9 Å². The van der Waals surface area contributed by atoms with Crippen molar-refractivity contribution in [1.29, 1.82) is 0 Å². The minimum atomic E-state index is -0.515. The number of aliphatic hydroxyl groups is 1. The Labute approximate surface area is 152 Å². The summed E-state index contributed by atoms with van der Waals surface area (Å²) in [5.41, 5.74) is 6.27. The van der Waals surface area contributed by atoms with Gasteiger partial charge in [-0.3, -0.25) is 10.2 Å². The Balaban J connectivity index is 1.46. The SMILES string of the molecule is O=C(NNC(=O)N1CCC(C(O)c2ccccc2)CC1)c1ccccc1. The minimum Gasteiger partial charge on any atom is -0.388 e. The van der Waals surface area contributed by atoms with Crippen LogP contribution in [-0.2, 0) is 0 Å². The van der Waals surface area contributed by atoms with Gasteiger partial charge in [0.15, 0.2) is 0 Å². The molecule has 0 spiro atoms. The lowest BCUT2D eigenvalue weighted by atomic mass is 9.87. The van der Waals surface area contributed by atoms with Crippen LogP contribution in [0, 0.1) is 5.92 Å². The normalized spacial score (nSPS) is 16.0. The Hall–Kier alpha value is -2.86. The van der Waals surface area contributed by atoms with Crippen LogP contribution >= 0.6 is 0 Å². The monoisotopic (exact) mass is 353 g/mol. The number of hydrogen-bond acceptors (Lipinski definition) is 3. The molecule has 0 radical (unpaired) electrons.